The van der Waals surface area contributed by atoms with Crippen molar-refractivity contribution in [2.24, 2.45) is 0 Å². The summed E-state index contributed by atoms with van der Waals surface area (Å²) in [4.78, 5) is 4.66. The Labute approximate surface area is 216 Å². The van der Waals surface area contributed by atoms with Gasteiger partial charge in [0.15, 0.2) is 0 Å². The predicted octanol–water partition coefficient (Wildman–Crippen LogP) is 3.82. The third-order valence-electron chi connectivity index (χ3n) is 6.03. The van der Waals surface area contributed by atoms with E-state index in [2.05, 4.69) is 55.0 Å². The zero-order valence-electron chi connectivity index (χ0n) is 19.3. The number of fused-ring (bicyclic) bond motifs is 3. The third-order valence-corrected chi connectivity index (χ3v) is 8.27. The minimum Gasteiger partial charge on any atom is -0.277 e. The zero-order chi connectivity index (χ0) is 25.4. The molecule has 0 unspecified atom stereocenters. The van der Waals surface area contributed by atoms with Crippen molar-refractivity contribution >= 4 is 21.4 Å². The number of sulfonamides is 1. The Morgan fingerprint density at radius 3 is 2.95 bits per heavy atom. The molecule has 3 aromatic heterocycles. The SMILES string of the molecule is O=S(=O)(NCC#Cc1cc(-c2n[nH]c3c2Cc2cc(Cn4cncn4)ccc2-3)cs1)c1cccc(F)c1. The minimum atomic E-state index is -3.83. The molecule has 3 heterocycles. The highest BCUT2D eigenvalue weighted by Crippen LogP contribution is 2.41. The van der Waals surface area contributed by atoms with E-state index in [1.54, 1.807) is 11.0 Å². The van der Waals surface area contributed by atoms with Crippen molar-refractivity contribution in [1.29, 1.82) is 0 Å². The topological polar surface area (TPSA) is 106 Å². The first-order valence-electron chi connectivity index (χ1n) is 11.3. The van der Waals surface area contributed by atoms with Crippen LogP contribution in [0.25, 0.3) is 22.5 Å². The van der Waals surface area contributed by atoms with Crippen LogP contribution in [0.5, 0.6) is 0 Å². The summed E-state index contributed by atoms with van der Waals surface area (Å²) in [6.07, 6.45) is 4.01. The number of nitrogens with zero attached hydrogens (tertiary/aromatic N) is 4. The molecule has 2 aromatic carbocycles. The maximum absolute atomic E-state index is 13.3. The van der Waals surface area contributed by atoms with Gasteiger partial charge in [-0.2, -0.15) is 14.9 Å². The largest absolute Gasteiger partial charge is 0.277 e. The van der Waals surface area contributed by atoms with E-state index in [-0.39, 0.29) is 11.4 Å². The van der Waals surface area contributed by atoms with Gasteiger partial charge in [-0.05, 0) is 35.4 Å². The summed E-state index contributed by atoms with van der Waals surface area (Å²) in [5, 5.41) is 13.9. The lowest BCUT2D eigenvalue weighted by Crippen LogP contribution is -2.24. The van der Waals surface area contributed by atoms with Crippen LogP contribution >= 0.6 is 11.3 Å². The lowest BCUT2D eigenvalue weighted by molar-refractivity contribution is 0.582. The Kier molecular flexibility index (Phi) is 5.92. The van der Waals surface area contributed by atoms with E-state index >= 15 is 0 Å². The number of nitrogens with one attached hydrogen (secondary N) is 2. The predicted molar refractivity (Wildman–Crippen MR) is 138 cm³/mol. The van der Waals surface area contributed by atoms with Gasteiger partial charge in [0.1, 0.15) is 18.5 Å². The van der Waals surface area contributed by atoms with Gasteiger partial charge < -0.3 is 0 Å². The van der Waals surface area contributed by atoms with Gasteiger partial charge in [0, 0.05) is 28.5 Å². The van der Waals surface area contributed by atoms with Crippen molar-refractivity contribution in [3.63, 3.8) is 0 Å². The van der Waals surface area contributed by atoms with E-state index in [0.29, 0.717) is 6.54 Å². The number of benzene rings is 2. The van der Waals surface area contributed by atoms with Crippen LogP contribution in [-0.2, 0) is 23.0 Å². The molecule has 0 spiro atoms. The first-order chi connectivity index (χ1) is 18.0. The molecular weight excluding hydrogens is 511 g/mol. The van der Waals surface area contributed by atoms with Gasteiger partial charge in [-0.15, -0.1) is 11.3 Å². The second-order valence-electron chi connectivity index (χ2n) is 8.47. The Balaban J connectivity index is 1.15. The van der Waals surface area contributed by atoms with E-state index in [0.717, 1.165) is 51.0 Å². The highest BCUT2D eigenvalue weighted by molar-refractivity contribution is 7.89. The Hall–Kier alpha value is -4.11. The van der Waals surface area contributed by atoms with Crippen molar-refractivity contribution in [2.75, 3.05) is 6.54 Å². The fourth-order valence-corrected chi connectivity index (χ4v) is 6.05. The molecule has 0 fully saturated rings. The van der Waals surface area contributed by atoms with Gasteiger partial charge in [0.2, 0.25) is 10.0 Å². The average Bonchev–Trinajstić information content (AvgIpc) is 3.67. The second-order valence-corrected chi connectivity index (χ2v) is 11.1. The normalized spacial score (nSPS) is 12.1. The lowest BCUT2D eigenvalue weighted by Gasteiger charge is -2.05. The summed E-state index contributed by atoms with van der Waals surface area (Å²) in [7, 11) is -3.83. The molecule has 37 heavy (non-hydrogen) atoms. The molecular formula is C26H19FN6O2S2. The smallest absolute Gasteiger partial charge is 0.241 e. The van der Waals surface area contributed by atoms with Crippen LogP contribution in [0.2, 0.25) is 0 Å². The third kappa shape index (κ3) is 4.70. The van der Waals surface area contributed by atoms with Crippen LogP contribution in [-0.4, -0.2) is 39.9 Å². The number of hydrogen-bond acceptors (Lipinski definition) is 6. The van der Waals surface area contributed by atoms with Crippen LogP contribution in [0.4, 0.5) is 4.39 Å². The van der Waals surface area contributed by atoms with Gasteiger partial charge >= 0.3 is 0 Å². The van der Waals surface area contributed by atoms with Crippen molar-refractivity contribution in [3.8, 4) is 34.4 Å². The van der Waals surface area contributed by atoms with Gasteiger partial charge in [-0.3, -0.25) is 5.10 Å². The second kappa shape index (κ2) is 9.40. The number of thiophene rings is 1. The molecule has 1 aliphatic carbocycles. The fraction of sp³-hybridized carbons (Fsp3) is 0.115. The summed E-state index contributed by atoms with van der Waals surface area (Å²) in [6, 6.07) is 13.2. The number of aromatic amines is 1. The molecule has 184 valence electrons. The van der Waals surface area contributed by atoms with Crippen LogP contribution in [0.3, 0.4) is 0 Å². The maximum Gasteiger partial charge on any atom is 0.241 e. The molecule has 0 saturated heterocycles. The van der Waals surface area contributed by atoms with Crippen molar-refractivity contribution in [2.45, 2.75) is 17.9 Å². The monoisotopic (exact) mass is 530 g/mol. The summed E-state index contributed by atoms with van der Waals surface area (Å²) >= 11 is 1.47. The van der Waals surface area contributed by atoms with Crippen LogP contribution in [0.1, 0.15) is 21.6 Å². The Bertz CT molecular complexity index is 1780. The summed E-state index contributed by atoms with van der Waals surface area (Å²) in [5.74, 6) is 5.21. The molecule has 11 heteroatoms. The summed E-state index contributed by atoms with van der Waals surface area (Å²) in [5.41, 5.74) is 7.57. The number of H-pyrrole nitrogens is 1. The number of hydrogen-bond donors (Lipinski definition) is 2. The van der Waals surface area contributed by atoms with Gasteiger partial charge in [0.05, 0.1) is 34.2 Å². The van der Waals surface area contributed by atoms with E-state index in [9.17, 15) is 12.8 Å². The first-order valence-corrected chi connectivity index (χ1v) is 13.7. The zero-order valence-corrected chi connectivity index (χ0v) is 20.9. The van der Waals surface area contributed by atoms with Gasteiger partial charge in [-0.1, -0.05) is 36.1 Å². The van der Waals surface area contributed by atoms with Crippen LogP contribution < -0.4 is 4.72 Å². The molecule has 0 saturated carbocycles. The molecule has 0 atom stereocenters. The molecule has 5 aromatic rings. The molecule has 0 amide bonds. The van der Waals surface area contributed by atoms with E-state index < -0.39 is 15.8 Å². The Morgan fingerprint density at radius 1 is 1.19 bits per heavy atom. The van der Waals surface area contributed by atoms with Crippen molar-refractivity contribution in [3.05, 3.63) is 94.0 Å². The quantitative estimate of drug-likeness (QED) is 0.319. The highest BCUT2D eigenvalue weighted by atomic mass is 32.2. The van der Waals surface area contributed by atoms with Gasteiger partial charge in [0.25, 0.3) is 0 Å². The summed E-state index contributed by atoms with van der Waals surface area (Å²) in [6.45, 7) is 0.577. The average molecular weight is 531 g/mol. The van der Waals surface area contributed by atoms with Gasteiger partial charge in [-0.25, -0.2) is 22.5 Å². The molecule has 2 N–H and O–H groups in total. The number of rotatable bonds is 6. The van der Waals surface area contributed by atoms with Crippen LogP contribution in [0.15, 0.2) is 71.5 Å². The van der Waals surface area contributed by atoms with Crippen molar-refractivity contribution < 1.29 is 12.8 Å². The molecule has 0 radical (unpaired) electrons. The highest BCUT2D eigenvalue weighted by Gasteiger charge is 2.25. The number of aromatic nitrogens is 5. The lowest BCUT2D eigenvalue weighted by atomic mass is 10.1. The van der Waals surface area contributed by atoms with Crippen molar-refractivity contribution in [1.82, 2.24) is 29.7 Å². The number of halogens is 1. The fourth-order valence-electron chi connectivity index (χ4n) is 4.33. The van der Waals surface area contributed by atoms with E-state index in [1.807, 2.05) is 11.4 Å². The Morgan fingerprint density at radius 2 is 2.11 bits per heavy atom. The first kappa shape index (κ1) is 23.3. The standard InChI is InChI=1S/C26H19FN6O2S2/c27-20-3-1-5-22(12-20)37(34,35)30-8-2-4-21-10-19(14-36-21)25-24-11-18-9-17(13-33-16-28-15-29-33)6-7-23(18)26(24)32-31-25/h1,3,5-7,9-10,12,14-16,30H,8,11,13H2,(H,31,32). The van der Waals surface area contributed by atoms with Crippen LogP contribution in [0, 0.1) is 17.7 Å². The molecule has 0 aliphatic heterocycles. The minimum absolute atomic E-state index is 0.0872. The van der Waals surface area contributed by atoms with E-state index in [4.69, 9.17) is 0 Å². The molecule has 1 aliphatic rings. The van der Waals surface area contributed by atoms with E-state index in [1.165, 1.54) is 41.4 Å². The summed E-state index contributed by atoms with van der Waals surface area (Å²) < 4.78 is 42.1. The molecule has 0 bridgehead atoms. The molecule has 6 rings (SSSR count). The maximum atomic E-state index is 13.3. The molecule has 8 nitrogen and oxygen atoms in total.